The van der Waals surface area contributed by atoms with Crippen LogP contribution >= 0.6 is 11.6 Å². The molecule has 0 saturated heterocycles. The Morgan fingerprint density at radius 2 is 1.62 bits per heavy atom. The van der Waals surface area contributed by atoms with E-state index in [9.17, 15) is 17.6 Å². The van der Waals surface area contributed by atoms with Crippen molar-refractivity contribution in [2.24, 2.45) is 0 Å². The summed E-state index contributed by atoms with van der Waals surface area (Å²) in [5.41, 5.74) is 0.735. The Labute approximate surface area is 172 Å². The number of aryl methyl sites for hydroxylation is 2. The Hall–Kier alpha value is -2.71. The lowest BCUT2D eigenvalue weighted by Crippen LogP contribution is -2.26. The molecule has 0 saturated carbocycles. The van der Waals surface area contributed by atoms with E-state index < -0.39 is 21.5 Å². The molecule has 2 aromatic carbocycles. The Balaban J connectivity index is 2.10. The first-order chi connectivity index (χ1) is 13.5. The van der Waals surface area contributed by atoms with Crippen molar-refractivity contribution >= 4 is 21.7 Å². The molecule has 0 atom stereocenters. The predicted molar refractivity (Wildman–Crippen MR) is 108 cm³/mol. The van der Waals surface area contributed by atoms with Crippen molar-refractivity contribution in [1.29, 1.82) is 0 Å². The van der Waals surface area contributed by atoms with Crippen LogP contribution in [-0.2, 0) is 10.1 Å². The first-order valence-corrected chi connectivity index (χ1v) is 10.4. The fourth-order valence-corrected chi connectivity index (χ4v) is 3.90. The number of aromatic nitrogens is 2. The highest BCUT2D eigenvalue weighted by atomic mass is 35.5. The van der Waals surface area contributed by atoms with E-state index in [2.05, 4.69) is 4.98 Å². The fraction of sp³-hybridized carbons (Fsp3) is 0.200. The molecular formula is C20H18ClFN2O4S. The maximum atomic E-state index is 13.7. The van der Waals surface area contributed by atoms with Crippen LogP contribution in [0.2, 0.25) is 5.02 Å². The second-order valence-electron chi connectivity index (χ2n) is 6.59. The third kappa shape index (κ3) is 3.90. The van der Waals surface area contributed by atoms with Gasteiger partial charge in [0.2, 0.25) is 5.88 Å². The van der Waals surface area contributed by atoms with E-state index in [-0.39, 0.29) is 38.4 Å². The Kier molecular flexibility index (Phi) is 5.51. The van der Waals surface area contributed by atoms with E-state index in [0.29, 0.717) is 0 Å². The molecule has 1 aromatic heterocycles. The number of rotatable bonds is 4. The van der Waals surface area contributed by atoms with Crippen molar-refractivity contribution in [2.75, 3.05) is 0 Å². The van der Waals surface area contributed by atoms with Gasteiger partial charge in [0.15, 0.2) is 0 Å². The molecule has 0 fully saturated rings. The maximum absolute atomic E-state index is 13.7. The van der Waals surface area contributed by atoms with Gasteiger partial charge < -0.3 is 4.18 Å². The minimum atomic E-state index is -4.17. The van der Waals surface area contributed by atoms with Crippen LogP contribution in [0.5, 0.6) is 5.88 Å². The number of hydrogen-bond donors (Lipinski definition) is 0. The molecule has 0 aliphatic carbocycles. The predicted octanol–water partition coefficient (Wildman–Crippen LogP) is 4.03. The van der Waals surface area contributed by atoms with Gasteiger partial charge in [-0.1, -0.05) is 29.3 Å². The lowest BCUT2D eigenvalue weighted by molar-refractivity contribution is 0.469. The Morgan fingerprint density at radius 3 is 2.24 bits per heavy atom. The van der Waals surface area contributed by atoms with Crippen molar-refractivity contribution in [3.8, 4) is 11.6 Å². The first kappa shape index (κ1) is 21.0. The van der Waals surface area contributed by atoms with E-state index in [4.69, 9.17) is 15.8 Å². The summed E-state index contributed by atoms with van der Waals surface area (Å²) >= 11 is 6.21. The molecule has 0 radical (unpaired) electrons. The van der Waals surface area contributed by atoms with Gasteiger partial charge >= 0.3 is 10.1 Å². The summed E-state index contributed by atoms with van der Waals surface area (Å²) in [5, 5.41) is 0.0670. The largest absolute Gasteiger partial charge is 0.358 e. The molecule has 3 aromatic rings. The van der Waals surface area contributed by atoms with Gasteiger partial charge in [0.1, 0.15) is 16.5 Å². The molecule has 0 amide bonds. The average molecular weight is 437 g/mol. The zero-order chi connectivity index (χ0) is 21.5. The summed E-state index contributed by atoms with van der Waals surface area (Å²) in [5.74, 6) is -0.680. The number of nitrogens with zero attached hydrogens (tertiary/aromatic N) is 2. The highest BCUT2D eigenvalue weighted by molar-refractivity contribution is 7.87. The SMILES string of the molecule is Cc1ccc(S(=O)(=O)Oc2nc(C)n(-c3ccc(F)c(C)c3Cl)c(=O)c2C)cc1. The zero-order valence-corrected chi connectivity index (χ0v) is 17.7. The number of benzene rings is 2. The summed E-state index contributed by atoms with van der Waals surface area (Å²) in [7, 11) is -4.17. The van der Waals surface area contributed by atoms with Gasteiger partial charge in [0, 0.05) is 5.56 Å². The second-order valence-corrected chi connectivity index (χ2v) is 8.51. The van der Waals surface area contributed by atoms with E-state index in [1.165, 1.54) is 49.6 Å². The van der Waals surface area contributed by atoms with Crippen molar-refractivity contribution in [3.63, 3.8) is 0 Å². The van der Waals surface area contributed by atoms with Gasteiger partial charge in [-0.15, -0.1) is 0 Å². The van der Waals surface area contributed by atoms with Crippen LogP contribution in [0.1, 0.15) is 22.5 Å². The van der Waals surface area contributed by atoms with Crippen LogP contribution in [0.25, 0.3) is 5.69 Å². The van der Waals surface area contributed by atoms with Gasteiger partial charge in [0.05, 0.1) is 16.3 Å². The molecular weight excluding hydrogens is 419 g/mol. The molecule has 0 spiro atoms. The lowest BCUT2D eigenvalue weighted by Gasteiger charge is -2.16. The zero-order valence-electron chi connectivity index (χ0n) is 16.2. The standard InChI is InChI=1S/C20H18ClFN2O4S/c1-11-5-7-15(8-6-11)29(26,27)28-19-13(3)20(25)24(14(4)23-19)17-10-9-16(22)12(2)18(17)21/h5-10H,1-4H3. The Morgan fingerprint density at radius 1 is 1.00 bits per heavy atom. The fourth-order valence-electron chi connectivity index (χ4n) is 2.73. The van der Waals surface area contributed by atoms with Crippen LogP contribution in [0.4, 0.5) is 4.39 Å². The topological polar surface area (TPSA) is 78.3 Å². The molecule has 0 unspecified atom stereocenters. The summed E-state index contributed by atoms with van der Waals surface area (Å²) in [6, 6.07) is 8.66. The van der Waals surface area contributed by atoms with Crippen molar-refractivity contribution < 1.29 is 17.0 Å². The third-order valence-corrected chi connectivity index (χ3v) is 6.17. The molecule has 0 bridgehead atoms. The highest BCUT2D eigenvalue weighted by Crippen LogP contribution is 2.27. The number of hydrogen-bond acceptors (Lipinski definition) is 5. The van der Waals surface area contributed by atoms with Gasteiger partial charge in [-0.05, 0) is 52.0 Å². The second kappa shape index (κ2) is 7.61. The summed E-state index contributed by atoms with van der Waals surface area (Å²) < 4.78 is 45.1. The average Bonchev–Trinajstić information content (AvgIpc) is 2.66. The molecule has 152 valence electrons. The molecule has 0 aliphatic heterocycles. The normalized spacial score (nSPS) is 11.5. The molecule has 1 heterocycles. The van der Waals surface area contributed by atoms with Crippen LogP contribution in [0.3, 0.4) is 0 Å². The third-order valence-electron chi connectivity index (χ3n) is 4.47. The van der Waals surface area contributed by atoms with Crippen LogP contribution < -0.4 is 9.74 Å². The first-order valence-electron chi connectivity index (χ1n) is 8.59. The van der Waals surface area contributed by atoms with Gasteiger partial charge in [-0.3, -0.25) is 9.36 Å². The highest BCUT2D eigenvalue weighted by Gasteiger charge is 2.23. The van der Waals surface area contributed by atoms with Gasteiger partial charge in [-0.2, -0.15) is 13.4 Å². The monoisotopic (exact) mass is 436 g/mol. The quantitative estimate of drug-likeness (QED) is 0.577. The van der Waals surface area contributed by atoms with Crippen LogP contribution in [0, 0.1) is 33.5 Å². The van der Waals surface area contributed by atoms with Crippen LogP contribution in [-0.4, -0.2) is 18.0 Å². The van der Waals surface area contributed by atoms with Crippen molar-refractivity contribution in [3.05, 3.63) is 80.1 Å². The van der Waals surface area contributed by atoms with E-state index in [1.54, 1.807) is 12.1 Å². The van der Waals surface area contributed by atoms with Gasteiger partial charge in [0.25, 0.3) is 5.56 Å². The minimum Gasteiger partial charge on any atom is -0.358 e. The van der Waals surface area contributed by atoms with E-state index in [1.807, 2.05) is 6.92 Å². The van der Waals surface area contributed by atoms with Gasteiger partial charge in [-0.25, -0.2) is 4.39 Å². The summed E-state index contributed by atoms with van der Waals surface area (Å²) in [6.07, 6.45) is 0. The van der Waals surface area contributed by atoms with E-state index in [0.717, 1.165) is 5.56 Å². The molecule has 9 heteroatoms. The Bertz CT molecular complexity index is 1270. The molecule has 29 heavy (non-hydrogen) atoms. The molecule has 3 rings (SSSR count). The summed E-state index contributed by atoms with van der Waals surface area (Å²) in [6.45, 7) is 6.22. The van der Waals surface area contributed by atoms with Crippen molar-refractivity contribution in [2.45, 2.75) is 32.6 Å². The van der Waals surface area contributed by atoms with Crippen LogP contribution in [0.15, 0.2) is 46.1 Å². The molecule has 0 aliphatic rings. The number of halogens is 2. The maximum Gasteiger partial charge on any atom is 0.340 e. The summed E-state index contributed by atoms with van der Waals surface area (Å²) in [4.78, 5) is 17.0. The smallest absolute Gasteiger partial charge is 0.340 e. The minimum absolute atomic E-state index is 0.0238. The molecule has 6 nitrogen and oxygen atoms in total. The molecule has 0 N–H and O–H groups in total. The van der Waals surface area contributed by atoms with E-state index >= 15 is 0 Å². The lowest BCUT2D eigenvalue weighted by atomic mass is 10.2. The van der Waals surface area contributed by atoms with Crippen molar-refractivity contribution in [1.82, 2.24) is 9.55 Å².